The lowest BCUT2D eigenvalue weighted by Crippen LogP contribution is -2.48. The van der Waals surface area contributed by atoms with E-state index in [2.05, 4.69) is 22.9 Å². The predicted molar refractivity (Wildman–Crippen MR) is 90.2 cm³/mol. The van der Waals surface area contributed by atoms with E-state index < -0.39 is 0 Å². The van der Waals surface area contributed by atoms with Gasteiger partial charge in [0.2, 0.25) is 0 Å². The second-order valence-corrected chi connectivity index (χ2v) is 6.77. The first-order valence-electron chi connectivity index (χ1n) is 8.45. The standard InChI is InChI=1S/C18H28N2O3/c1-13(2)23-18-14(6-5-7-16(18)21-4)10-20-11-15-17(12-20)22-9-8-19(15)3/h5-7,13,15,17H,8-12H2,1-4H3/t15-,17+/m0/s1. The van der Waals surface area contributed by atoms with Crippen molar-refractivity contribution < 1.29 is 14.2 Å². The normalized spacial score (nSPS) is 25.6. The number of nitrogens with zero attached hydrogens (tertiary/aromatic N) is 2. The molecule has 1 aromatic carbocycles. The second kappa shape index (κ2) is 7.07. The number of hydrogen-bond acceptors (Lipinski definition) is 5. The molecular formula is C18H28N2O3. The van der Waals surface area contributed by atoms with Gasteiger partial charge in [-0.25, -0.2) is 0 Å². The SMILES string of the molecule is COc1cccc(CN2C[C@H]3OCCN(C)[C@H]3C2)c1OC(C)C. The number of para-hydroxylation sites is 1. The topological polar surface area (TPSA) is 34.2 Å². The van der Waals surface area contributed by atoms with Crippen LogP contribution in [0.5, 0.6) is 11.5 Å². The van der Waals surface area contributed by atoms with Gasteiger partial charge < -0.3 is 14.2 Å². The van der Waals surface area contributed by atoms with E-state index >= 15 is 0 Å². The molecule has 0 aromatic heterocycles. The minimum atomic E-state index is 0.126. The van der Waals surface area contributed by atoms with Gasteiger partial charge in [-0.1, -0.05) is 12.1 Å². The zero-order valence-electron chi connectivity index (χ0n) is 14.6. The number of hydrogen-bond donors (Lipinski definition) is 0. The van der Waals surface area contributed by atoms with Crippen molar-refractivity contribution in [1.82, 2.24) is 9.80 Å². The molecule has 1 aromatic rings. The molecule has 5 heteroatoms. The van der Waals surface area contributed by atoms with Crippen molar-refractivity contribution in [2.75, 3.05) is 40.4 Å². The lowest BCUT2D eigenvalue weighted by atomic mass is 10.1. The van der Waals surface area contributed by atoms with Crippen molar-refractivity contribution in [2.45, 2.75) is 38.6 Å². The lowest BCUT2D eigenvalue weighted by Gasteiger charge is -2.33. The molecule has 0 amide bonds. The molecule has 0 aliphatic carbocycles. The van der Waals surface area contributed by atoms with Crippen LogP contribution in [0.1, 0.15) is 19.4 Å². The summed E-state index contributed by atoms with van der Waals surface area (Å²) >= 11 is 0. The molecule has 2 aliphatic rings. The molecule has 2 heterocycles. The van der Waals surface area contributed by atoms with E-state index in [4.69, 9.17) is 14.2 Å². The van der Waals surface area contributed by atoms with Crippen molar-refractivity contribution >= 4 is 0 Å². The molecule has 128 valence electrons. The summed E-state index contributed by atoms with van der Waals surface area (Å²) in [7, 11) is 3.89. The summed E-state index contributed by atoms with van der Waals surface area (Å²) in [5.74, 6) is 1.68. The highest BCUT2D eigenvalue weighted by Crippen LogP contribution is 2.34. The van der Waals surface area contributed by atoms with Crippen LogP contribution < -0.4 is 9.47 Å². The third kappa shape index (κ3) is 3.62. The Labute approximate surface area is 139 Å². The fourth-order valence-corrected chi connectivity index (χ4v) is 3.52. The quantitative estimate of drug-likeness (QED) is 0.829. The molecule has 2 saturated heterocycles. The Balaban J connectivity index is 1.75. The van der Waals surface area contributed by atoms with Gasteiger partial charge >= 0.3 is 0 Å². The first kappa shape index (κ1) is 16.6. The van der Waals surface area contributed by atoms with E-state index in [1.807, 2.05) is 26.0 Å². The van der Waals surface area contributed by atoms with Crippen molar-refractivity contribution in [3.05, 3.63) is 23.8 Å². The Hall–Kier alpha value is -1.30. The highest BCUT2D eigenvalue weighted by Gasteiger charge is 2.38. The molecule has 0 bridgehead atoms. The Morgan fingerprint density at radius 1 is 1.30 bits per heavy atom. The number of rotatable bonds is 5. The summed E-state index contributed by atoms with van der Waals surface area (Å²) in [5.41, 5.74) is 1.18. The van der Waals surface area contributed by atoms with Crippen LogP contribution >= 0.6 is 0 Å². The highest BCUT2D eigenvalue weighted by atomic mass is 16.5. The summed E-state index contributed by atoms with van der Waals surface area (Å²) < 4.78 is 17.5. The lowest BCUT2D eigenvalue weighted by molar-refractivity contribution is -0.0370. The Bertz CT molecular complexity index is 535. The maximum absolute atomic E-state index is 6.02. The van der Waals surface area contributed by atoms with Gasteiger partial charge in [0.25, 0.3) is 0 Å². The largest absolute Gasteiger partial charge is 0.493 e. The van der Waals surface area contributed by atoms with Gasteiger partial charge in [-0.2, -0.15) is 0 Å². The van der Waals surface area contributed by atoms with Crippen molar-refractivity contribution in [3.8, 4) is 11.5 Å². The molecule has 3 rings (SSSR count). The van der Waals surface area contributed by atoms with Crippen LogP contribution in [0.3, 0.4) is 0 Å². The molecule has 0 radical (unpaired) electrons. The van der Waals surface area contributed by atoms with Gasteiger partial charge in [-0.3, -0.25) is 9.80 Å². The van der Waals surface area contributed by atoms with Crippen LogP contribution in [0.4, 0.5) is 0 Å². The number of benzene rings is 1. The van der Waals surface area contributed by atoms with Crippen molar-refractivity contribution in [2.24, 2.45) is 0 Å². The Morgan fingerprint density at radius 2 is 2.13 bits per heavy atom. The van der Waals surface area contributed by atoms with E-state index in [0.29, 0.717) is 12.1 Å². The van der Waals surface area contributed by atoms with Crippen molar-refractivity contribution in [1.29, 1.82) is 0 Å². The van der Waals surface area contributed by atoms with Gasteiger partial charge in [-0.05, 0) is 27.0 Å². The number of methoxy groups -OCH3 is 1. The summed E-state index contributed by atoms with van der Waals surface area (Å²) in [6.45, 7) is 8.84. The third-order valence-corrected chi connectivity index (χ3v) is 4.68. The summed E-state index contributed by atoms with van der Waals surface area (Å²) in [6, 6.07) is 6.63. The predicted octanol–water partition coefficient (Wildman–Crippen LogP) is 2.00. The fraction of sp³-hybridized carbons (Fsp3) is 0.667. The molecule has 0 saturated carbocycles. The average molecular weight is 320 g/mol. The monoisotopic (exact) mass is 320 g/mol. The fourth-order valence-electron chi connectivity index (χ4n) is 3.52. The van der Waals surface area contributed by atoms with Gasteiger partial charge in [0, 0.05) is 37.8 Å². The van der Waals surface area contributed by atoms with E-state index in [1.54, 1.807) is 7.11 Å². The maximum atomic E-state index is 6.02. The van der Waals surface area contributed by atoms with Crippen LogP contribution in [0, 0.1) is 0 Å². The van der Waals surface area contributed by atoms with E-state index in [-0.39, 0.29) is 6.10 Å². The summed E-state index contributed by atoms with van der Waals surface area (Å²) in [4.78, 5) is 4.88. The van der Waals surface area contributed by atoms with E-state index in [0.717, 1.165) is 44.3 Å². The molecule has 2 atom stereocenters. The number of fused-ring (bicyclic) bond motifs is 1. The van der Waals surface area contributed by atoms with Crippen LogP contribution in [0.15, 0.2) is 18.2 Å². The average Bonchev–Trinajstić information content (AvgIpc) is 2.92. The number of likely N-dealkylation sites (tertiary alicyclic amines) is 1. The smallest absolute Gasteiger partial charge is 0.166 e. The zero-order valence-corrected chi connectivity index (χ0v) is 14.6. The maximum Gasteiger partial charge on any atom is 0.166 e. The van der Waals surface area contributed by atoms with E-state index in [9.17, 15) is 0 Å². The Kier molecular flexibility index (Phi) is 5.09. The van der Waals surface area contributed by atoms with Gasteiger partial charge in [0.15, 0.2) is 11.5 Å². The first-order valence-corrected chi connectivity index (χ1v) is 8.45. The second-order valence-electron chi connectivity index (χ2n) is 6.77. The van der Waals surface area contributed by atoms with Gasteiger partial charge in [-0.15, -0.1) is 0 Å². The molecule has 0 spiro atoms. The van der Waals surface area contributed by atoms with Crippen LogP contribution in [-0.4, -0.2) is 68.4 Å². The van der Waals surface area contributed by atoms with Crippen LogP contribution in [0.25, 0.3) is 0 Å². The van der Waals surface area contributed by atoms with Gasteiger partial charge in [0.05, 0.1) is 25.9 Å². The van der Waals surface area contributed by atoms with Crippen molar-refractivity contribution in [3.63, 3.8) is 0 Å². The number of likely N-dealkylation sites (N-methyl/N-ethyl adjacent to an activating group) is 1. The molecule has 2 fully saturated rings. The third-order valence-electron chi connectivity index (χ3n) is 4.68. The minimum Gasteiger partial charge on any atom is -0.493 e. The molecule has 0 unspecified atom stereocenters. The molecule has 5 nitrogen and oxygen atoms in total. The Morgan fingerprint density at radius 3 is 2.83 bits per heavy atom. The number of morpholine rings is 1. The molecule has 2 aliphatic heterocycles. The van der Waals surface area contributed by atoms with Gasteiger partial charge in [0.1, 0.15) is 0 Å². The van der Waals surface area contributed by atoms with Crippen LogP contribution in [0.2, 0.25) is 0 Å². The summed E-state index contributed by atoms with van der Waals surface area (Å²) in [5, 5.41) is 0. The summed E-state index contributed by atoms with van der Waals surface area (Å²) in [6.07, 6.45) is 0.453. The molecular weight excluding hydrogens is 292 g/mol. The minimum absolute atomic E-state index is 0.126. The number of ether oxygens (including phenoxy) is 3. The first-order chi connectivity index (χ1) is 11.1. The zero-order chi connectivity index (χ0) is 16.4. The molecule has 0 N–H and O–H groups in total. The highest BCUT2D eigenvalue weighted by molar-refractivity contribution is 5.46. The molecule has 23 heavy (non-hydrogen) atoms. The van der Waals surface area contributed by atoms with E-state index in [1.165, 1.54) is 5.56 Å². The van der Waals surface area contributed by atoms with Crippen LogP contribution in [-0.2, 0) is 11.3 Å².